The van der Waals surface area contributed by atoms with Gasteiger partial charge in [0, 0.05) is 17.8 Å². The normalized spacial score (nSPS) is 13.1. The van der Waals surface area contributed by atoms with Gasteiger partial charge in [0.15, 0.2) is 22.5 Å². The van der Waals surface area contributed by atoms with Crippen LogP contribution in [0.1, 0.15) is 5.56 Å². The van der Waals surface area contributed by atoms with Crippen LogP contribution >= 0.6 is 11.3 Å². The molecule has 0 amide bonds. The molecule has 0 fully saturated rings. The molecule has 5 rings (SSSR count). The Morgan fingerprint density at radius 2 is 2.26 bits per heavy atom. The van der Waals surface area contributed by atoms with E-state index in [4.69, 9.17) is 4.42 Å². The van der Waals surface area contributed by atoms with Crippen molar-refractivity contribution in [3.63, 3.8) is 0 Å². The van der Waals surface area contributed by atoms with Crippen LogP contribution in [0.25, 0.3) is 32.1 Å². The lowest BCUT2D eigenvalue weighted by Gasteiger charge is -1.88. The predicted molar refractivity (Wildman–Crippen MR) is 71.9 cm³/mol. The van der Waals surface area contributed by atoms with Gasteiger partial charge >= 0.3 is 5.71 Å². The van der Waals surface area contributed by atoms with E-state index in [1.54, 1.807) is 23.7 Å². The van der Waals surface area contributed by atoms with Crippen LogP contribution in [0, 0.1) is 0 Å². The number of thiazole rings is 1. The third-order valence-corrected chi connectivity index (χ3v) is 4.75. The van der Waals surface area contributed by atoms with E-state index in [9.17, 15) is 0 Å². The summed E-state index contributed by atoms with van der Waals surface area (Å²) in [6, 6.07) is 6.11. The zero-order valence-electron chi connectivity index (χ0n) is 9.83. The zero-order valence-corrected chi connectivity index (χ0v) is 10.6. The Hall–Kier alpha value is -2.27. The Morgan fingerprint density at radius 3 is 3.26 bits per heavy atom. The summed E-state index contributed by atoms with van der Waals surface area (Å²) in [5.41, 5.74) is 4.12. The minimum atomic E-state index is 0.839. The van der Waals surface area contributed by atoms with Crippen molar-refractivity contribution in [1.82, 2.24) is 9.97 Å². The van der Waals surface area contributed by atoms with Gasteiger partial charge in [-0.25, -0.2) is 4.98 Å². The first-order chi connectivity index (χ1) is 9.42. The molecule has 0 unspecified atom stereocenters. The number of nitrogens with zero attached hydrogens (tertiary/aromatic N) is 3. The fourth-order valence-electron chi connectivity index (χ4n) is 2.68. The fourth-order valence-corrected chi connectivity index (χ4v) is 3.93. The molecule has 0 saturated carbocycles. The van der Waals surface area contributed by atoms with Crippen LogP contribution in [-0.2, 0) is 6.54 Å². The monoisotopic (exact) mass is 266 g/mol. The average molecular weight is 266 g/mol. The second-order valence-electron chi connectivity index (χ2n) is 4.61. The summed E-state index contributed by atoms with van der Waals surface area (Å²) in [5.74, 6) is 0. The first-order valence-electron chi connectivity index (χ1n) is 6.05. The molecule has 4 aromatic rings. The minimum Gasteiger partial charge on any atom is -0.402 e. The van der Waals surface area contributed by atoms with Crippen LogP contribution in [-0.4, -0.2) is 9.97 Å². The Morgan fingerprint density at radius 1 is 1.26 bits per heavy atom. The maximum Gasteiger partial charge on any atom is 0.393 e. The highest BCUT2D eigenvalue weighted by Crippen LogP contribution is 2.38. The summed E-state index contributed by atoms with van der Waals surface area (Å²) in [6.07, 6.45) is 5.42. The second kappa shape index (κ2) is 3.19. The fraction of sp³-hybridized carbons (Fsp3) is 0.0714. The SMILES string of the molecule is c1cnc2c(c1)C[n+]1c-2sc2c3ccncc3oc21. The van der Waals surface area contributed by atoms with Gasteiger partial charge in [-0.05, 0) is 18.2 Å². The van der Waals surface area contributed by atoms with E-state index in [1.807, 2.05) is 18.3 Å². The standard InChI is InChI=1S/C14H8N3OS/c1-2-8-7-17-13-12(19-14(17)11(8)16-4-1)9-3-5-15-6-10(9)18-13/h1-6H,7H2/q+1. The molecule has 0 atom stereocenters. The van der Waals surface area contributed by atoms with Crippen LogP contribution in [0.4, 0.5) is 0 Å². The highest BCUT2D eigenvalue weighted by Gasteiger charge is 2.35. The van der Waals surface area contributed by atoms with Gasteiger partial charge in [-0.15, -0.1) is 4.57 Å². The molecular formula is C14H8N3OS+. The number of fused-ring (bicyclic) bond motifs is 7. The Balaban J connectivity index is 1.93. The van der Waals surface area contributed by atoms with Crippen LogP contribution in [0.2, 0.25) is 0 Å². The van der Waals surface area contributed by atoms with E-state index < -0.39 is 0 Å². The highest BCUT2D eigenvalue weighted by atomic mass is 32.1. The van der Waals surface area contributed by atoms with Gasteiger partial charge in [-0.2, -0.15) is 0 Å². The lowest BCUT2D eigenvalue weighted by molar-refractivity contribution is -0.648. The second-order valence-corrected chi connectivity index (χ2v) is 5.61. The molecule has 0 aliphatic carbocycles. The predicted octanol–water partition coefficient (Wildman–Crippen LogP) is 2.75. The molecular weight excluding hydrogens is 258 g/mol. The number of hydrogen-bond acceptors (Lipinski definition) is 4. The van der Waals surface area contributed by atoms with Crippen molar-refractivity contribution in [1.29, 1.82) is 0 Å². The summed E-state index contributed by atoms with van der Waals surface area (Å²) in [6.45, 7) is 0.839. The van der Waals surface area contributed by atoms with Gasteiger partial charge < -0.3 is 4.42 Å². The molecule has 19 heavy (non-hydrogen) atoms. The van der Waals surface area contributed by atoms with Gasteiger partial charge in [0.1, 0.15) is 0 Å². The van der Waals surface area contributed by atoms with Crippen LogP contribution in [0.3, 0.4) is 0 Å². The molecule has 0 saturated heterocycles. The number of aromatic nitrogens is 3. The van der Waals surface area contributed by atoms with E-state index in [0.29, 0.717) is 0 Å². The number of hydrogen-bond donors (Lipinski definition) is 0. The van der Waals surface area contributed by atoms with E-state index in [1.165, 1.54) is 15.3 Å². The number of furan rings is 1. The van der Waals surface area contributed by atoms with E-state index in [-0.39, 0.29) is 0 Å². The molecule has 0 aromatic carbocycles. The average Bonchev–Trinajstić information content (AvgIpc) is 3.07. The summed E-state index contributed by atoms with van der Waals surface area (Å²) in [7, 11) is 0. The zero-order chi connectivity index (χ0) is 12.4. The Labute approximate surface area is 112 Å². The molecule has 1 aliphatic heterocycles. The van der Waals surface area contributed by atoms with Gasteiger partial charge in [0.25, 0.3) is 5.01 Å². The summed E-state index contributed by atoms with van der Waals surface area (Å²) in [5, 5.41) is 2.32. The van der Waals surface area contributed by atoms with Crippen molar-refractivity contribution in [3.05, 3.63) is 42.4 Å². The molecule has 0 radical (unpaired) electrons. The maximum atomic E-state index is 5.95. The smallest absolute Gasteiger partial charge is 0.393 e. The van der Waals surface area contributed by atoms with E-state index in [2.05, 4.69) is 20.6 Å². The van der Waals surface area contributed by atoms with Gasteiger partial charge in [-0.1, -0.05) is 11.3 Å². The first-order valence-corrected chi connectivity index (χ1v) is 6.86. The van der Waals surface area contributed by atoms with E-state index in [0.717, 1.165) is 28.9 Å². The highest BCUT2D eigenvalue weighted by molar-refractivity contribution is 7.22. The molecule has 4 aromatic heterocycles. The third kappa shape index (κ3) is 1.11. The van der Waals surface area contributed by atoms with Crippen LogP contribution < -0.4 is 4.57 Å². The number of pyridine rings is 2. The van der Waals surface area contributed by atoms with Crippen LogP contribution in [0.5, 0.6) is 0 Å². The summed E-state index contributed by atoms with van der Waals surface area (Å²) < 4.78 is 9.34. The van der Waals surface area contributed by atoms with Crippen molar-refractivity contribution in [3.8, 4) is 10.7 Å². The molecule has 5 heterocycles. The van der Waals surface area contributed by atoms with Gasteiger partial charge in [0.05, 0.1) is 11.8 Å². The van der Waals surface area contributed by atoms with Gasteiger partial charge in [0.2, 0.25) is 0 Å². The quantitative estimate of drug-likeness (QED) is 0.405. The molecule has 5 heteroatoms. The van der Waals surface area contributed by atoms with E-state index >= 15 is 0 Å². The molecule has 90 valence electrons. The number of rotatable bonds is 0. The third-order valence-electron chi connectivity index (χ3n) is 3.54. The Kier molecular flexibility index (Phi) is 1.62. The largest absolute Gasteiger partial charge is 0.402 e. The minimum absolute atomic E-state index is 0.839. The maximum absolute atomic E-state index is 5.95. The Bertz CT molecular complexity index is 954. The molecule has 0 spiro atoms. The summed E-state index contributed by atoms with van der Waals surface area (Å²) >= 11 is 1.74. The molecule has 0 N–H and O–H groups in total. The molecule has 4 nitrogen and oxygen atoms in total. The molecule has 1 aliphatic rings. The first kappa shape index (κ1) is 9.63. The van der Waals surface area contributed by atoms with Crippen molar-refractivity contribution >= 4 is 32.7 Å². The van der Waals surface area contributed by atoms with Crippen molar-refractivity contribution in [2.75, 3.05) is 0 Å². The van der Waals surface area contributed by atoms with Crippen molar-refractivity contribution in [2.24, 2.45) is 0 Å². The topological polar surface area (TPSA) is 42.8 Å². The summed E-state index contributed by atoms with van der Waals surface area (Å²) in [4.78, 5) is 8.60. The van der Waals surface area contributed by atoms with Crippen LogP contribution in [0.15, 0.2) is 41.2 Å². The molecule has 0 bridgehead atoms. The van der Waals surface area contributed by atoms with Gasteiger partial charge in [-0.3, -0.25) is 4.98 Å². The van der Waals surface area contributed by atoms with Crippen molar-refractivity contribution < 1.29 is 8.98 Å². The van der Waals surface area contributed by atoms with Crippen molar-refractivity contribution in [2.45, 2.75) is 6.54 Å². The lowest BCUT2D eigenvalue weighted by Crippen LogP contribution is -2.29. The lowest BCUT2D eigenvalue weighted by atomic mass is 10.2.